The number of nitrogens with zero attached hydrogens (tertiary/aromatic N) is 2. The second-order valence-corrected chi connectivity index (χ2v) is 10.2. The van der Waals surface area contributed by atoms with Crippen molar-refractivity contribution in [3.63, 3.8) is 0 Å². The highest BCUT2D eigenvalue weighted by Crippen LogP contribution is 2.38. The molecule has 1 heterocycles. The summed E-state index contributed by atoms with van der Waals surface area (Å²) in [7, 11) is 3.13. The van der Waals surface area contributed by atoms with Crippen molar-refractivity contribution in [2.45, 2.75) is 51.5 Å². The molecule has 6 nitrogen and oxygen atoms in total. The molecule has 0 spiro atoms. The Morgan fingerprint density at radius 1 is 1.28 bits per heavy atom. The molecule has 7 heteroatoms. The normalized spacial score (nSPS) is 15.4. The molecule has 1 amide bonds. The number of carbonyl (C=O) groups excluding carboxylic acids is 1. The lowest BCUT2D eigenvalue weighted by Gasteiger charge is -2.34. The second kappa shape index (κ2) is 10.3. The van der Waals surface area contributed by atoms with E-state index in [0.29, 0.717) is 40.8 Å². The minimum absolute atomic E-state index is 0.120. The number of thioether (sulfide) groups is 1. The van der Waals surface area contributed by atoms with Crippen molar-refractivity contribution in [3.8, 4) is 17.6 Å². The third-order valence-electron chi connectivity index (χ3n) is 5.95. The summed E-state index contributed by atoms with van der Waals surface area (Å²) in [5.41, 5.74) is 3.74. The SMILES string of the molecule is COc1ccc(NC(=O)CCSc2nc3c(cc2C#N)CC(C(C)(C)C)CC3)c(OC)c1. The van der Waals surface area contributed by atoms with Gasteiger partial charge in [0, 0.05) is 23.9 Å². The van der Waals surface area contributed by atoms with Crippen LogP contribution in [0.5, 0.6) is 11.5 Å². The summed E-state index contributed by atoms with van der Waals surface area (Å²) >= 11 is 1.46. The molecule has 0 fully saturated rings. The Hall–Kier alpha value is -2.72. The van der Waals surface area contributed by atoms with E-state index in [2.05, 4.69) is 32.2 Å². The summed E-state index contributed by atoms with van der Waals surface area (Å²) in [5.74, 6) is 2.22. The lowest BCUT2D eigenvalue weighted by molar-refractivity contribution is -0.115. The summed E-state index contributed by atoms with van der Waals surface area (Å²) in [6.45, 7) is 6.83. The van der Waals surface area contributed by atoms with Gasteiger partial charge in [-0.1, -0.05) is 20.8 Å². The number of amides is 1. The highest BCUT2D eigenvalue weighted by atomic mass is 32.2. The number of nitriles is 1. The molecular weight excluding hydrogens is 422 g/mol. The van der Waals surface area contributed by atoms with E-state index in [9.17, 15) is 10.1 Å². The Morgan fingerprint density at radius 3 is 2.72 bits per heavy atom. The van der Waals surface area contributed by atoms with Gasteiger partial charge in [-0.3, -0.25) is 4.79 Å². The van der Waals surface area contributed by atoms with Crippen LogP contribution in [0.3, 0.4) is 0 Å². The first-order valence-electron chi connectivity index (χ1n) is 10.8. The highest BCUT2D eigenvalue weighted by Gasteiger charge is 2.30. The van der Waals surface area contributed by atoms with Crippen LogP contribution in [0.25, 0.3) is 0 Å². The number of ether oxygens (including phenoxy) is 2. The summed E-state index contributed by atoms with van der Waals surface area (Å²) < 4.78 is 10.5. The monoisotopic (exact) mass is 453 g/mol. The van der Waals surface area contributed by atoms with E-state index in [1.165, 1.54) is 17.3 Å². The average Bonchev–Trinajstić information content (AvgIpc) is 2.77. The standard InChI is InChI=1S/C25H31N3O3S/c1-25(2,3)18-6-8-20-16(13-18)12-17(15-26)24(28-20)32-11-10-23(29)27-21-9-7-19(30-4)14-22(21)31-5/h7,9,12,14,18H,6,8,10-11,13H2,1-5H3,(H,27,29). The van der Waals surface area contributed by atoms with Gasteiger partial charge in [-0.15, -0.1) is 11.8 Å². The van der Waals surface area contributed by atoms with Gasteiger partial charge >= 0.3 is 0 Å². The van der Waals surface area contributed by atoms with Gasteiger partial charge in [0.1, 0.15) is 22.6 Å². The van der Waals surface area contributed by atoms with Crippen LogP contribution in [-0.2, 0) is 17.6 Å². The number of methoxy groups -OCH3 is 2. The number of fused-ring (bicyclic) bond motifs is 1. The van der Waals surface area contributed by atoms with Crippen molar-refractivity contribution in [2.24, 2.45) is 11.3 Å². The van der Waals surface area contributed by atoms with Gasteiger partial charge in [-0.2, -0.15) is 5.26 Å². The largest absolute Gasteiger partial charge is 0.497 e. The first-order valence-corrected chi connectivity index (χ1v) is 11.8. The van der Waals surface area contributed by atoms with Gasteiger partial charge in [0.25, 0.3) is 0 Å². The van der Waals surface area contributed by atoms with E-state index in [-0.39, 0.29) is 11.3 Å². The van der Waals surface area contributed by atoms with Crippen LogP contribution < -0.4 is 14.8 Å². The van der Waals surface area contributed by atoms with Crippen molar-refractivity contribution < 1.29 is 14.3 Å². The van der Waals surface area contributed by atoms with Crippen LogP contribution in [-0.4, -0.2) is 30.9 Å². The number of hydrogen-bond donors (Lipinski definition) is 1. The smallest absolute Gasteiger partial charge is 0.225 e. The number of carbonyl (C=O) groups is 1. The molecule has 1 atom stereocenters. The molecule has 32 heavy (non-hydrogen) atoms. The third kappa shape index (κ3) is 5.74. The zero-order valence-electron chi connectivity index (χ0n) is 19.4. The van der Waals surface area contributed by atoms with E-state index < -0.39 is 0 Å². The number of hydrogen-bond acceptors (Lipinski definition) is 6. The molecule has 1 unspecified atom stereocenters. The van der Waals surface area contributed by atoms with Crippen molar-refractivity contribution >= 4 is 23.4 Å². The van der Waals surface area contributed by atoms with Gasteiger partial charge in [-0.25, -0.2) is 4.98 Å². The van der Waals surface area contributed by atoms with E-state index in [1.54, 1.807) is 32.4 Å². The quantitative estimate of drug-likeness (QED) is 0.577. The molecule has 3 rings (SSSR count). The molecule has 0 saturated carbocycles. The fourth-order valence-electron chi connectivity index (χ4n) is 3.93. The number of anilines is 1. The lowest BCUT2D eigenvalue weighted by atomic mass is 9.71. The first-order chi connectivity index (χ1) is 15.2. The van der Waals surface area contributed by atoms with E-state index in [4.69, 9.17) is 14.5 Å². The van der Waals surface area contributed by atoms with Crippen molar-refractivity contribution in [1.82, 2.24) is 4.98 Å². The maximum atomic E-state index is 12.4. The lowest BCUT2D eigenvalue weighted by Crippen LogP contribution is -2.27. The van der Waals surface area contributed by atoms with Gasteiger partial charge in [0.05, 0.1) is 25.5 Å². The van der Waals surface area contributed by atoms with Crippen LogP contribution in [0.15, 0.2) is 29.3 Å². The first kappa shape index (κ1) is 23.9. The van der Waals surface area contributed by atoms with Gasteiger partial charge in [0.15, 0.2) is 0 Å². The topological polar surface area (TPSA) is 84.2 Å². The zero-order valence-corrected chi connectivity index (χ0v) is 20.3. The van der Waals surface area contributed by atoms with Crippen molar-refractivity contribution in [2.75, 3.05) is 25.3 Å². The number of aryl methyl sites for hydroxylation is 1. The molecule has 0 bridgehead atoms. The number of pyridine rings is 1. The van der Waals surface area contributed by atoms with E-state index in [1.807, 2.05) is 6.07 Å². The fourth-order valence-corrected chi connectivity index (χ4v) is 4.85. The molecule has 0 radical (unpaired) electrons. The zero-order chi connectivity index (χ0) is 23.3. The Labute approximate surface area is 194 Å². The summed E-state index contributed by atoms with van der Waals surface area (Å²) in [4.78, 5) is 17.2. The van der Waals surface area contributed by atoms with Crippen LogP contribution in [0.2, 0.25) is 0 Å². The predicted octanol–water partition coefficient (Wildman–Crippen LogP) is 5.24. The maximum Gasteiger partial charge on any atom is 0.225 e. The minimum atomic E-state index is -0.120. The molecule has 1 aliphatic carbocycles. The number of nitrogens with one attached hydrogen (secondary N) is 1. The van der Waals surface area contributed by atoms with Crippen LogP contribution in [0.4, 0.5) is 5.69 Å². The summed E-state index contributed by atoms with van der Waals surface area (Å²) in [5, 5.41) is 13.2. The number of rotatable bonds is 7. The molecule has 2 aromatic rings. The molecule has 1 aliphatic rings. The summed E-state index contributed by atoms with van der Waals surface area (Å²) in [6.07, 6.45) is 3.33. The molecule has 170 valence electrons. The van der Waals surface area contributed by atoms with Crippen molar-refractivity contribution in [3.05, 3.63) is 41.1 Å². The molecule has 0 saturated heterocycles. The Bertz CT molecular complexity index is 1020. The molecule has 1 N–H and O–H groups in total. The van der Waals surface area contributed by atoms with Crippen LogP contribution in [0, 0.1) is 22.7 Å². The molecule has 0 aliphatic heterocycles. The Kier molecular flexibility index (Phi) is 7.68. The van der Waals surface area contributed by atoms with E-state index in [0.717, 1.165) is 30.0 Å². The van der Waals surface area contributed by atoms with Crippen LogP contribution in [0.1, 0.15) is 50.4 Å². The van der Waals surface area contributed by atoms with E-state index >= 15 is 0 Å². The average molecular weight is 454 g/mol. The summed E-state index contributed by atoms with van der Waals surface area (Å²) in [6, 6.07) is 9.55. The molecular formula is C25H31N3O3S. The Balaban J connectivity index is 1.62. The van der Waals surface area contributed by atoms with Gasteiger partial charge in [0.2, 0.25) is 5.91 Å². The van der Waals surface area contributed by atoms with Gasteiger partial charge in [-0.05, 0) is 54.4 Å². The fraction of sp³-hybridized carbons (Fsp3) is 0.480. The number of benzene rings is 1. The second-order valence-electron chi connectivity index (χ2n) is 9.08. The maximum absolute atomic E-state index is 12.4. The molecule has 1 aromatic carbocycles. The van der Waals surface area contributed by atoms with Crippen LogP contribution >= 0.6 is 11.8 Å². The highest BCUT2D eigenvalue weighted by molar-refractivity contribution is 7.99. The predicted molar refractivity (Wildman–Crippen MR) is 127 cm³/mol. The third-order valence-corrected chi connectivity index (χ3v) is 6.94. The van der Waals surface area contributed by atoms with Gasteiger partial charge < -0.3 is 14.8 Å². The number of aromatic nitrogens is 1. The Morgan fingerprint density at radius 2 is 2.06 bits per heavy atom. The molecule has 1 aromatic heterocycles. The van der Waals surface area contributed by atoms with Crippen molar-refractivity contribution in [1.29, 1.82) is 5.26 Å². The minimum Gasteiger partial charge on any atom is -0.497 e.